The second-order valence-electron chi connectivity index (χ2n) is 6.74. The molecule has 150 valence electrons. The highest BCUT2D eigenvalue weighted by Gasteiger charge is 2.15. The van der Waals surface area contributed by atoms with Crippen LogP contribution in [0.15, 0.2) is 66.7 Å². The molecule has 6 nitrogen and oxygen atoms in total. The van der Waals surface area contributed by atoms with Gasteiger partial charge in [-0.3, -0.25) is 10.1 Å². The van der Waals surface area contributed by atoms with E-state index in [1.54, 1.807) is 19.2 Å². The van der Waals surface area contributed by atoms with E-state index in [1.165, 1.54) is 0 Å². The number of carbonyl (C=O) groups excluding carboxylic acids is 1. The fourth-order valence-electron chi connectivity index (χ4n) is 3.24. The number of para-hydroxylation sites is 3. The number of amides is 1. The molecule has 0 spiro atoms. The Morgan fingerprint density at radius 1 is 1.03 bits per heavy atom. The van der Waals surface area contributed by atoms with Crippen LogP contribution in [0.2, 0.25) is 0 Å². The highest BCUT2D eigenvalue weighted by atomic mass is 32.1. The van der Waals surface area contributed by atoms with Crippen molar-refractivity contribution < 1.29 is 9.53 Å². The summed E-state index contributed by atoms with van der Waals surface area (Å²) in [6.45, 7) is 1.88. The Bertz CT molecular complexity index is 1200. The normalized spacial score (nSPS) is 10.6. The van der Waals surface area contributed by atoms with Crippen LogP contribution in [-0.2, 0) is 0 Å². The Morgan fingerprint density at radius 3 is 2.53 bits per heavy atom. The molecule has 7 heteroatoms. The molecule has 1 aromatic heterocycles. The minimum Gasteiger partial charge on any atom is -0.496 e. The van der Waals surface area contributed by atoms with E-state index in [-0.39, 0.29) is 11.0 Å². The molecule has 1 heterocycles. The maximum absolute atomic E-state index is 12.6. The second-order valence-corrected chi connectivity index (χ2v) is 7.15. The Labute approximate surface area is 179 Å². The molecule has 0 radical (unpaired) electrons. The Hall–Kier alpha value is -3.71. The summed E-state index contributed by atoms with van der Waals surface area (Å²) in [5.41, 5.74) is 4.94. The minimum atomic E-state index is -0.327. The zero-order valence-electron chi connectivity index (χ0n) is 16.5. The molecule has 0 atom stereocenters. The van der Waals surface area contributed by atoms with Gasteiger partial charge in [-0.15, -0.1) is 0 Å². The number of anilines is 1. The van der Waals surface area contributed by atoms with E-state index in [2.05, 4.69) is 20.6 Å². The molecule has 0 saturated heterocycles. The maximum Gasteiger partial charge on any atom is 0.261 e. The minimum absolute atomic E-state index is 0.208. The van der Waals surface area contributed by atoms with E-state index in [4.69, 9.17) is 17.0 Å². The van der Waals surface area contributed by atoms with Crippen LogP contribution >= 0.6 is 12.2 Å². The molecular weight excluding hydrogens is 396 g/mol. The molecule has 4 aromatic rings. The van der Waals surface area contributed by atoms with Crippen molar-refractivity contribution in [1.82, 2.24) is 15.3 Å². The van der Waals surface area contributed by atoms with E-state index in [0.29, 0.717) is 11.3 Å². The maximum atomic E-state index is 12.6. The topological polar surface area (TPSA) is 79.0 Å². The first-order valence-corrected chi connectivity index (χ1v) is 9.77. The summed E-state index contributed by atoms with van der Waals surface area (Å²) in [7, 11) is 1.54. The molecule has 30 heavy (non-hydrogen) atoms. The van der Waals surface area contributed by atoms with Crippen molar-refractivity contribution in [3.63, 3.8) is 0 Å². The summed E-state index contributed by atoms with van der Waals surface area (Å²) in [6.07, 6.45) is 0. The second kappa shape index (κ2) is 8.34. The summed E-state index contributed by atoms with van der Waals surface area (Å²) in [6, 6.07) is 20.9. The van der Waals surface area contributed by atoms with Crippen LogP contribution < -0.4 is 15.4 Å². The van der Waals surface area contributed by atoms with Crippen LogP contribution in [0.5, 0.6) is 5.75 Å². The number of methoxy groups -OCH3 is 1. The SMILES string of the molecule is COc1c(C)cccc1C(=O)NC(=S)Nc1ccc(-c2nc3ccccc3[nH]2)cc1. The summed E-state index contributed by atoms with van der Waals surface area (Å²) in [4.78, 5) is 20.5. The molecule has 0 aliphatic carbocycles. The van der Waals surface area contributed by atoms with E-state index < -0.39 is 0 Å². The fourth-order valence-corrected chi connectivity index (χ4v) is 3.45. The van der Waals surface area contributed by atoms with Gasteiger partial charge in [-0.2, -0.15) is 0 Å². The summed E-state index contributed by atoms with van der Waals surface area (Å²) < 4.78 is 5.34. The van der Waals surface area contributed by atoms with Gasteiger partial charge in [0.05, 0.1) is 23.7 Å². The lowest BCUT2D eigenvalue weighted by atomic mass is 10.1. The highest BCUT2D eigenvalue weighted by molar-refractivity contribution is 7.80. The number of nitrogens with one attached hydrogen (secondary N) is 3. The number of hydrogen-bond donors (Lipinski definition) is 3. The highest BCUT2D eigenvalue weighted by Crippen LogP contribution is 2.23. The average molecular weight is 417 g/mol. The van der Waals surface area contributed by atoms with E-state index in [1.807, 2.05) is 61.5 Å². The number of imidazole rings is 1. The summed E-state index contributed by atoms with van der Waals surface area (Å²) in [5.74, 6) is 1.00. The number of aromatic nitrogens is 2. The molecule has 0 fully saturated rings. The van der Waals surface area contributed by atoms with Gasteiger partial charge in [0.2, 0.25) is 0 Å². The molecule has 0 aliphatic heterocycles. The summed E-state index contributed by atoms with van der Waals surface area (Å²) >= 11 is 5.29. The van der Waals surface area contributed by atoms with Crippen molar-refractivity contribution in [3.05, 3.63) is 77.9 Å². The fraction of sp³-hybridized carbons (Fsp3) is 0.0870. The van der Waals surface area contributed by atoms with Crippen LogP contribution in [0.3, 0.4) is 0 Å². The zero-order valence-corrected chi connectivity index (χ0v) is 17.3. The van der Waals surface area contributed by atoms with Gasteiger partial charge in [-0.25, -0.2) is 4.98 Å². The quantitative estimate of drug-likeness (QED) is 0.421. The van der Waals surface area contributed by atoms with Gasteiger partial charge in [0, 0.05) is 11.3 Å². The van der Waals surface area contributed by atoms with Gasteiger partial charge in [-0.05, 0) is 67.2 Å². The number of ether oxygens (including phenoxy) is 1. The van der Waals surface area contributed by atoms with Crippen molar-refractivity contribution in [2.45, 2.75) is 6.92 Å². The lowest BCUT2D eigenvalue weighted by molar-refractivity contribution is 0.0974. The number of nitrogens with zero attached hydrogens (tertiary/aromatic N) is 1. The molecular formula is C23H20N4O2S. The predicted molar refractivity (Wildman–Crippen MR) is 123 cm³/mol. The van der Waals surface area contributed by atoms with Gasteiger partial charge in [-0.1, -0.05) is 24.3 Å². The largest absolute Gasteiger partial charge is 0.496 e. The number of thiocarbonyl (C=S) groups is 1. The molecule has 1 amide bonds. The average Bonchev–Trinajstić information content (AvgIpc) is 3.18. The Kier molecular flexibility index (Phi) is 5.45. The van der Waals surface area contributed by atoms with Crippen molar-refractivity contribution in [2.24, 2.45) is 0 Å². The molecule has 3 N–H and O–H groups in total. The smallest absolute Gasteiger partial charge is 0.261 e. The van der Waals surface area contributed by atoms with E-state index in [0.717, 1.165) is 33.7 Å². The van der Waals surface area contributed by atoms with Gasteiger partial charge in [0.15, 0.2) is 5.11 Å². The van der Waals surface area contributed by atoms with E-state index in [9.17, 15) is 4.79 Å². The number of H-pyrrole nitrogens is 1. The third-order valence-electron chi connectivity index (χ3n) is 4.69. The number of benzene rings is 3. The standard InChI is InChI=1S/C23H20N4O2S/c1-14-6-5-7-17(20(14)29-2)22(28)27-23(30)24-16-12-10-15(11-13-16)21-25-18-8-3-4-9-19(18)26-21/h3-13H,1-2H3,(H,25,26)(H2,24,27,28,30). The first-order valence-electron chi connectivity index (χ1n) is 9.36. The Morgan fingerprint density at radius 2 is 1.80 bits per heavy atom. The third kappa shape index (κ3) is 4.01. The number of carbonyl (C=O) groups is 1. The Balaban J connectivity index is 1.44. The van der Waals surface area contributed by atoms with Crippen LogP contribution in [-0.4, -0.2) is 28.1 Å². The summed E-state index contributed by atoms with van der Waals surface area (Å²) in [5, 5.41) is 5.93. The molecule has 3 aromatic carbocycles. The van der Waals surface area contributed by atoms with Crippen LogP contribution in [0.25, 0.3) is 22.4 Å². The number of aryl methyl sites for hydroxylation is 1. The molecule has 4 rings (SSSR count). The number of fused-ring (bicyclic) bond motifs is 1. The van der Waals surface area contributed by atoms with Crippen LogP contribution in [0, 0.1) is 6.92 Å². The van der Waals surface area contributed by atoms with Crippen molar-refractivity contribution in [1.29, 1.82) is 0 Å². The zero-order chi connectivity index (χ0) is 21.1. The first kappa shape index (κ1) is 19.6. The van der Waals surface area contributed by atoms with Gasteiger partial charge in [0.1, 0.15) is 11.6 Å². The number of hydrogen-bond acceptors (Lipinski definition) is 4. The molecule has 0 bridgehead atoms. The number of aromatic amines is 1. The van der Waals surface area contributed by atoms with Crippen molar-refractivity contribution in [3.8, 4) is 17.1 Å². The van der Waals surface area contributed by atoms with Crippen molar-refractivity contribution in [2.75, 3.05) is 12.4 Å². The lowest BCUT2D eigenvalue weighted by Crippen LogP contribution is -2.34. The van der Waals surface area contributed by atoms with Crippen molar-refractivity contribution >= 4 is 40.0 Å². The molecule has 0 aliphatic rings. The third-order valence-corrected chi connectivity index (χ3v) is 4.90. The van der Waals surface area contributed by atoms with Gasteiger partial charge < -0.3 is 15.0 Å². The monoisotopic (exact) mass is 416 g/mol. The molecule has 0 saturated carbocycles. The van der Waals surface area contributed by atoms with Gasteiger partial charge in [0.25, 0.3) is 5.91 Å². The van der Waals surface area contributed by atoms with Crippen LogP contribution in [0.1, 0.15) is 15.9 Å². The molecule has 0 unspecified atom stereocenters. The van der Waals surface area contributed by atoms with Gasteiger partial charge >= 0.3 is 0 Å². The number of rotatable bonds is 4. The lowest BCUT2D eigenvalue weighted by Gasteiger charge is -2.13. The van der Waals surface area contributed by atoms with E-state index >= 15 is 0 Å². The predicted octanol–water partition coefficient (Wildman–Crippen LogP) is 4.67. The van der Waals surface area contributed by atoms with Crippen LogP contribution in [0.4, 0.5) is 5.69 Å². The first-order chi connectivity index (χ1) is 14.5.